The first kappa shape index (κ1) is 22.8. The zero-order valence-electron chi connectivity index (χ0n) is 18.6. The lowest BCUT2D eigenvalue weighted by atomic mass is 10.0. The molecule has 36 heavy (non-hydrogen) atoms. The number of nitrogens with one attached hydrogen (secondary N) is 1. The van der Waals surface area contributed by atoms with E-state index in [1.807, 2.05) is 6.07 Å². The maximum Gasteiger partial charge on any atom is 0.290 e. The van der Waals surface area contributed by atoms with Crippen molar-refractivity contribution in [3.63, 3.8) is 0 Å². The minimum atomic E-state index is -0.709. The van der Waals surface area contributed by atoms with Gasteiger partial charge in [0.25, 0.3) is 16.7 Å². The van der Waals surface area contributed by atoms with Crippen LogP contribution in [-0.4, -0.2) is 37.7 Å². The van der Waals surface area contributed by atoms with E-state index in [0.29, 0.717) is 23.1 Å². The first-order valence-electron chi connectivity index (χ1n) is 10.4. The summed E-state index contributed by atoms with van der Waals surface area (Å²) in [6.07, 6.45) is 2.78. The number of carbonyl (C=O) groups excluding carboxylic acids is 2. The van der Waals surface area contributed by atoms with Crippen molar-refractivity contribution in [2.75, 3.05) is 7.11 Å². The average molecular weight is 497 g/mol. The van der Waals surface area contributed by atoms with E-state index in [2.05, 4.69) is 15.3 Å². The fourth-order valence-corrected chi connectivity index (χ4v) is 4.46. The van der Waals surface area contributed by atoms with Crippen LogP contribution in [0.15, 0.2) is 64.4 Å². The summed E-state index contributed by atoms with van der Waals surface area (Å²) in [5.41, 5.74) is 0.388. The van der Waals surface area contributed by atoms with Gasteiger partial charge in [0.2, 0.25) is 5.78 Å². The van der Waals surface area contributed by atoms with Crippen molar-refractivity contribution < 1.29 is 19.4 Å². The molecule has 5 rings (SSSR count). The molecule has 176 valence electrons. The van der Waals surface area contributed by atoms with E-state index >= 15 is 0 Å². The monoisotopic (exact) mass is 497 g/mol. The van der Waals surface area contributed by atoms with Gasteiger partial charge in [0, 0.05) is 22.9 Å². The third-order valence-corrected chi connectivity index (χ3v) is 6.26. The van der Waals surface area contributed by atoms with Gasteiger partial charge >= 0.3 is 0 Å². The quantitative estimate of drug-likeness (QED) is 0.405. The third-order valence-electron chi connectivity index (χ3n) is 5.44. The molecule has 4 aromatic rings. The third kappa shape index (κ3) is 3.85. The molecule has 2 aromatic carbocycles. The topological polar surface area (TPSA) is 147 Å². The maximum atomic E-state index is 13.7. The molecule has 2 N–H and O–H groups in total. The highest BCUT2D eigenvalue weighted by Gasteiger charge is 2.27. The number of aromatic hydroxyl groups is 1. The van der Waals surface area contributed by atoms with E-state index in [9.17, 15) is 24.8 Å². The molecule has 0 aliphatic carbocycles. The number of aromatic nitrogens is 3. The molecule has 2 aromatic heterocycles. The number of imide groups is 1. The number of fused-ring (bicyclic) bond motifs is 1. The molecule has 1 aliphatic heterocycles. The zero-order chi connectivity index (χ0) is 25.4. The number of hydrogen-bond acceptors (Lipinski definition) is 9. The van der Waals surface area contributed by atoms with Gasteiger partial charge in [-0.3, -0.25) is 19.7 Å². The van der Waals surface area contributed by atoms with Crippen molar-refractivity contribution >= 4 is 34.8 Å². The number of ether oxygens (including phenoxy) is 1. The number of para-hydroxylation sites is 1. The van der Waals surface area contributed by atoms with Gasteiger partial charge < -0.3 is 9.84 Å². The van der Waals surface area contributed by atoms with Gasteiger partial charge in [0.15, 0.2) is 0 Å². The molecule has 1 fully saturated rings. The number of rotatable bonds is 4. The molecule has 1 saturated heterocycles. The fraction of sp³-hybridized carbons (Fsp3) is 0.0400. The summed E-state index contributed by atoms with van der Waals surface area (Å²) in [6, 6.07) is 14.9. The van der Waals surface area contributed by atoms with Crippen LogP contribution >= 0.6 is 11.8 Å². The lowest BCUT2D eigenvalue weighted by Crippen LogP contribution is -2.23. The maximum absolute atomic E-state index is 13.7. The van der Waals surface area contributed by atoms with Crippen molar-refractivity contribution in [1.82, 2.24) is 19.7 Å². The average Bonchev–Trinajstić information content (AvgIpc) is 3.20. The van der Waals surface area contributed by atoms with Gasteiger partial charge in [-0.1, -0.05) is 12.1 Å². The van der Waals surface area contributed by atoms with E-state index < -0.39 is 16.7 Å². The van der Waals surface area contributed by atoms with Crippen molar-refractivity contribution in [2.24, 2.45) is 0 Å². The highest BCUT2D eigenvalue weighted by molar-refractivity contribution is 8.18. The number of thioether (sulfide) groups is 1. The van der Waals surface area contributed by atoms with Crippen molar-refractivity contribution in [1.29, 1.82) is 5.26 Å². The lowest BCUT2D eigenvalue weighted by Gasteiger charge is -2.14. The molecule has 11 heteroatoms. The Hall–Kier alpha value is -4.95. The molecular weight excluding hydrogens is 482 g/mol. The predicted molar refractivity (Wildman–Crippen MR) is 132 cm³/mol. The normalized spacial score (nSPS) is 14.2. The standard InChI is InChI=1S/C25H15N5O5S/c1-35-15-8-6-13(7-9-15)20-17(11-26)23(33)30-21(16-4-2-3-5-18(16)31)14(12-27-24(30)28-20)10-19-22(32)29-25(34)36-19/h2-10,12,31H,1H3,(H,29,32,34)/b19-10-. The van der Waals surface area contributed by atoms with Crippen molar-refractivity contribution in [3.8, 4) is 40.1 Å². The van der Waals surface area contributed by atoms with Crippen molar-refractivity contribution in [3.05, 3.63) is 81.1 Å². The highest BCUT2D eigenvalue weighted by Crippen LogP contribution is 2.34. The summed E-state index contributed by atoms with van der Waals surface area (Å²) in [6.45, 7) is 0. The smallest absolute Gasteiger partial charge is 0.290 e. The molecule has 0 radical (unpaired) electrons. The lowest BCUT2D eigenvalue weighted by molar-refractivity contribution is -0.115. The molecule has 0 spiro atoms. The van der Waals surface area contributed by atoms with Crippen LogP contribution in [0.25, 0.3) is 34.4 Å². The Morgan fingerprint density at radius 2 is 1.89 bits per heavy atom. The second-order valence-corrected chi connectivity index (χ2v) is 8.56. The van der Waals surface area contributed by atoms with Crippen molar-refractivity contribution in [2.45, 2.75) is 0 Å². The number of nitrogens with zero attached hydrogens (tertiary/aromatic N) is 4. The minimum absolute atomic E-state index is 0.0233. The Labute approximate surface area is 207 Å². The summed E-state index contributed by atoms with van der Waals surface area (Å²) in [4.78, 5) is 46.4. The largest absolute Gasteiger partial charge is 0.507 e. The molecule has 10 nitrogen and oxygen atoms in total. The molecule has 2 amide bonds. The van der Waals surface area contributed by atoms with E-state index in [0.717, 1.165) is 4.40 Å². The molecule has 1 aliphatic rings. The van der Waals surface area contributed by atoms with Gasteiger partial charge in [-0.25, -0.2) is 14.4 Å². The van der Waals surface area contributed by atoms with E-state index in [4.69, 9.17) is 4.74 Å². The Kier molecular flexibility index (Phi) is 5.71. The van der Waals surface area contributed by atoms with Crippen LogP contribution in [0.2, 0.25) is 0 Å². The second kappa shape index (κ2) is 9.01. The summed E-state index contributed by atoms with van der Waals surface area (Å²) < 4.78 is 6.29. The van der Waals surface area contributed by atoms with Gasteiger partial charge in [0.05, 0.1) is 23.4 Å². The van der Waals surface area contributed by atoms with Crippen LogP contribution in [0.4, 0.5) is 4.79 Å². The number of phenols is 1. The number of nitriles is 1. The van der Waals surface area contributed by atoms with Crippen LogP contribution in [0.3, 0.4) is 0 Å². The van der Waals surface area contributed by atoms with Crippen LogP contribution in [0, 0.1) is 11.3 Å². The SMILES string of the molecule is COc1ccc(-c2nc3ncc(/C=C4\SC(=O)NC4=O)c(-c4ccccc4O)n3c(=O)c2C#N)cc1. The predicted octanol–water partition coefficient (Wildman–Crippen LogP) is 3.33. The number of methoxy groups -OCH3 is 1. The Morgan fingerprint density at radius 1 is 1.14 bits per heavy atom. The van der Waals surface area contributed by atoms with Gasteiger partial charge in [0.1, 0.15) is 23.1 Å². The Morgan fingerprint density at radius 3 is 2.53 bits per heavy atom. The van der Waals surface area contributed by atoms with E-state index in [1.54, 1.807) is 42.5 Å². The van der Waals surface area contributed by atoms with Gasteiger partial charge in [-0.15, -0.1) is 0 Å². The van der Waals surface area contributed by atoms with Gasteiger partial charge in [-0.05, 0) is 54.2 Å². The highest BCUT2D eigenvalue weighted by atomic mass is 32.2. The minimum Gasteiger partial charge on any atom is -0.507 e. The van der Waals surface area contributed by atoms with E-state index in [-0.39, 0.29) is 44.5 Å². The number of hydrogen-bond donors (Lipinski definition) is 2. The Balaban J connectivity index is 1.84. The molecule has 0 bridgehead atoms. The summed E-state index contributed by atoms with van der Waals surface area (Å²) in [5, 5.41) is 22.1. The first-order valence-corrected chi connectivity index (χ1v) is 11.3. The van der Waals surface area contributed by atoms with Crippen LogP contribution < -0.4 is 15.6 Å². The molecule has 0 atom stereocenters. The molecule has 3 heterocycles. The van der Waals surface area contributed by atoms with Gasteiger partial charge in [-0.2, -0.15) is 5.26 Å². The van der Waals surface area contributed by atoms with Crippen LogP contribution in [0.5, 0.6) is 11.5 Å². The number of amides is 2. The van der Waals surface area contributed by atoms with Crippen LogP contribution in [0.1, 0.15) is 11.1 Å². The fourth-order valence-electron chi connectivity index (χ4n) is 3.79. The zero-order valence-corrected chi connectivity index (χ0v) is 19.4. The summed E-state index contributed by atoms with van der Waals surface area (Å²) in [5.74, 6) is -0.162. The number of benzene rings is 2. The number of carbonyl (C=O) groups is 2. The second-order valence-electron chi connectivity index (χ2n) is 7.55. The van der Waals surface area contributed by atoms with E-state index in [1.165, 1.54) is 25.4 Å². The molecular formula is C25H15N5O5S. The summed E-state index contributed by atoms with van der Waals surface area (Å²) in [7, 11) is 1.53. The van der Waals surface area contributed by atoms with Crippen LogP contribution in [-0.2, 0) is 4.79 Å². The molecule has 0 unspecified atom stereocenters. The first-order chi connectivity index (χ1) is 17.4. The molecule has 0 saturated carbocycles. The summed E-state index contributed by atoms with van der Waals surface area (Å²) >= 11 is 0.702. The Bertz CT molecular complexity index is 1700. The number of phenolic OH excluding ortho intramolecular Hbond substituents is 1.